The number of carbonyl (C=O) groups is 1. The Labute approximate surface area is 92.1 Å². The number of hydrogen-bond donors (Lipinski definition) is 1. The normalized spacial score (nSPS) is 9.50. The molecule has 2 rings (SSSR count). The maximum absolute atomic E-state index is 11.4. The Morgan fingerprint density at radius 1 is 1.06 bits per heavy atom. The Morgan fingerprint density at radius 2 is 1.75 bits per heavy atom. The Hall–Kier alpha value is -2.43. The Balaban J connectivity index is 1.95. The van der Waals surface area contributed by atoms with Crippen LogP contribution in [0.15, 0.2) is 48.8 Å². The molecule has 1 aromatic heterocycles. The second-order valence-electron chi connectivity index (χ2n) is 2.91. The summed E-state index contributed by atoms with van der Waals surface area (Å²) in [6.07, 6.45) is 2.38. The summed E-state index contributed by atoms with van der Waals surface area (Å²) in [7, 11) is 0. The average Bonchev–Trinajstić information content (AvgIpc) is 2.31. The van der Waals surface area contributed by atoms with E-state index < -0.39 is 6.09 Å². The van der Waals surface area contributed by atoms with Gasteiger partial charge in [-0.25, -0.2) is 14.8 Å². The number of anilines is 1. The third-order valence-corrected chi connectivity index (χ3v) is 1.75. The summed E-state index contributed by atoms with van der Waals surface area (Å²) in [4.78, 5) is 18.9. The van der Waals surface area contributed by atoms with E-state index in [0.717, 1.165) is 0 Å². The highest BCUT2D eigenvalue weighted by Gasteiger charge is 2.05. The van der Waals surface area contributed by atoms with Crippen molar-refractivity contribution < 1.29 is 9.53 Å². The molecule has 1 aromatic carbocycles. The van der Waals surface area contributed by atoms with Gasteiger partial charge in [-0.3, -0.25) is 5.32 Å². The first-order chi connectivity index (χ1) is 7.84. The summed E-state index contributed by atoms with van der Waals surface area (Å²) < 4.78 is 4.85. The summed E-state index contributed by atoms with van der Waals surface area (Å²) in [6, 6.07) is 10.7. The second kappa shape index (κ2) is 4.88. The summed E-state index contributed by atoms with van der Waals surface area (Å²) in [5, 5.41) is 2.55. The van der Waals surface area contributed by atoms with E-state index in [9.17, 15) is 4.79 Å². The SMILES string of the molecule is O=C(Nc1ccccc1)Oc1ncccn1. The number of nitrogens with one attached hydrogen (secondary N) is 1. The molecule has 0 saturated heterocycles. The number of ether oxygens (including phenoxy) is 1. The smallest absolute Gasteiger partial charge is 0.374 e. The van der Waals surface area contributed by atoms with Crippen LogP contribution in [-0.2, 0) is 0 Å². The number of benzene rings is 1. The molecule has 16 heavy (non-hydrogen) atoms. The standard InChI is InChI=1S/C11H9N3O2/c15-11(14-9-5-2-1-3-6-9)16-10-12-7-4-8-13-10/h1-8H,(H,14,15). The van der Waals surface area contributed by atoms with Crippen molar-refractivity contribution >= 4 is 11.8 Å². The Morgan fingerprint density at radius 3 is 2.44 bits per heavy atom. The van der Waals surface area contributed by atoms with Crippen molar-refractivity contribution in [3.05, 3.63) is 48.8 Å². The molecular weight excluding hydrogens is 206 g/mol. The molecule has 0 bridgehead atoms. The molecule has 2 aromatic rings. The van der Waals surface area contributed by atoms with Gasteiger partial charge in [0.15, 0.2) is 0 Å². The molecule has 0 saturated carbocycles. The zero-order chi connectivity index (χ0) is 11.2. The number of amides is 1. The quantitative estimate of drug-likeness (QED) is 0.833. The summed E-state index contributed by atoms with van der Waals surface area (Å²) in [5.41, 5.74) is 0.656. The van der Waals surface area contributed by atoms with Crippen LogP contribution in [0.25, 0.3) is 0 Å². The average molecular weight is 215 g/mol. The molecule has 1 N–H and O–H groups in total. The number of hydrogen-bond acceptors (Lipinski definition) is 4. The monoisotopic (exact) mass is 215 g/mol. The van der Waals surface area contributed by atoms with E-state index in [1.54, 1.807) is 18.2 Å². The second-order valence-corrected chi connectivity index (χ2v) is 2.91. The van der Waals surface area contributed by atoms with Gasteiger partial charge in [0.1, 0.15) is 0 Å². The van der Waals surface area contributed by atoms with E-state index >= 15 is 0 Å². The molecule has 0 fully saturated rings. The van der Waals surface area contributed by atoms with Gasteiger partial charge in [0.25, 0.3) is 0 Å². The zero-order valence-electron chi connectivity index (χ0n) is 8.33. The molecule has 80 valence electrons. The first-order valence-corrected chi connectivity index (χ1v) is 4.65. The van der Waals surface area contributed by atoms with E-state index in [2.05, 4.69) is 15.3 Å². The molecule has 0 spiro atoms. The fraction of sp³-hybridized carbons (Fsp3) is 0. The molecule has 0 unspecified atom stereocenters. The van der Waals surface area contributed by atoms with Gasteiger partial charge in [-0.15, -0.1) is 0 Å². The predicted molar refractivity (Wildman–Crippen MR) is 58.1 cm³/mol. The van der Waals surface area contributed by atoms with Crippen LogP contribution < -0.4 is 10.1 Å². The van der Waals surface area contributed by atoms with Crippen LogP contribution in [0.5, 0.6) is 6.01 Å². The molecule has 0 radical (unpaired) electrons. The fourth-order valence-corrected chi connectivity index (χ4v) is 1.09. The highest BCUT2D eigenvalue weighted by molar-refractivity contribution is 5.85. The van der Waals surface area contributed by atoms with Gasteiger partial charge >= 0.3 is 12.1 Å². The highest BCUT2D eigenvalue weighted by atomic mass is 16.6. The largest absolute Gasteiger partial charge is 0.419 e. The van der Waals surface area contributed by atoms with Crippen molar-refractivity contribution in [3.8, 4) is 6.01 Å². The van der Waals surface area contributed by atoms with E-state index in [0.29, 0.717) is 5.69 Å². The van der Waals surface area contributed by atoms with Crippen LogP contribution in [0.3, 0.4) is 0 Å². The van der Waals surface area contributed by atoms with Crippen LogP contribution >= 0.6 is 0 Å². The molecule has 5 nitrogen and oxygen atoms in total. The van der Waals surface area contributed by atoms with Gasteiger partial charge < -0.3 is 4.74 Å². The van der Waals surface area contributed by atoms with Gasteiger partial charge in [0.05, 0.1) is 0 Å². The van der Waals surface area contributed by atoms with E-state index in [1.165, 1.54) is 12.4 Å². The lowest BCUT2D eigenvalue weighted by atomic mass is 10.3. The molecule has 0 aliphatic carbocycles. The molecule has 0 atom stereocenters. The van der Waals surface area contributed by atoms with Crippen LogP contribution in [0, 0.1) is 0 Å². The van der Waals surface area contributed by atoms with Gasteiger partial charge in [0.2, 0.25) is 0 Å². The number of para-hydroxylation sites is 1. The molecule has 0 aliphatic rings. The third-order valence-electron chi connectivity index (χ3n) is 1.75. The number of rotatable bonds is 2. The van der Waals surface area contributed by atoms with Crippen LogP contribution in [0.1, 0.15) is 0 Å². The van der Waals surface area contributed by atoms with Crippen molar-refractivity contribution in [1.29, 1.82) is 0 Å². The van der Waals surface area contributed by atoms with E-state index in [-0.39, 0.29) is 6.01 Å². The first-order valence-electron chi connectivity index (χ1n) is 4.65. The topological polar surface area (TPSA) is 64.1 Å². The minimum atomic E-state index is -0.614. The molecule has 5 heteroatoms. The van der Waals surface area contributed by atoms with Crippen molar-refractivity contribution in [2.75, 3.05) is 5.32 Å². The van der Waals surface area contributed by atoms with Crippen LogP contribution in [-0.4, -0.2) is 16.1 Å². The van der Waals surface area contributed by atoms with Gasteiger partial charge in [-0.05, 0) is 18.2 Å². The third kappa shape index (κ3) is 2.78. The van der Waals surface area contributed by atoms with Crippen LogP contribution in [0.4, 0.5) is 10.5 Å². The lowest BCUT2D eigenvalue weighted by Crippen LogP contribution is -2.17. The predicted octanol–water partition coefficient (Wildman–Crippen LogP) is 2.09. The zero-order valence-corrected chi connectivity index (χ0v) is 8.33. The summed E-state index contributed by atoms with van der Waals surface area (Å²) >= 11 is 0. The van der Waals surface area contributed by atoms with Gasteiger partial charge in [0, 0.05) is 18.1 Å². The van der Waals surface area contributed by atoms with Gasteiger partial charge in [-0.2, -0.15) is 0 Å². The highest BCUT2D eigenvalue weighted by Crippen LogP contribution is 2.06. The van der Waals surface area contributed by atoms with Gasteiger partial charge in [-0.1, -0.05) is 18.2 Å². The fourth-order valence-electron chi connectivity index (χ4n) is 1.09. The van der Waals surface area contributed by atoms with Crippen molar-refractivity contribution in [2.45, 2.75) is 0 Å². The summed E-state index contributed by atoms with van der Waals surface area (Å²) in [6.45, 7) is 0. The first kappa shape index (κ1) is 10.1. The minimum Gasteiger partial charge on any atom is -0.374 e. The lowest BCUT2D eigenvalue weighted by molar-refractivity contribution is 0.211. The maximum atomic E-state index is 11.4. The minimum absolute atomic E-state index is 0.0240. The Bertz CT molecular complexity index is 416. The molecule has 1 amide bonds. The lowest BCUT2D eigenvalue weighted by Gasteiger charge is -2.03. The molecule has 1 heterocycles. The maximum Gasteiger partial charge on any atom is 0.419 e. The number of aromatic nitrogens is 2. The Kier molecular flexibility index (Phi) is 3.08. The van der Waals surface area contributed by atoms with Crippen molar-refractivity contribution in [1.82, 2.24) is 9.97 Å². The number of nitrogens with zero attached hydrogens (tertiary/aromatic N) is 2. The van der Waals surface area contributed by atoms with Crippen molar-refractivity contribution in [2.24, 2.45) is 0 Å². The number of carbonyl (C=O) groups excluding carboxylic acids is 1. The molecular formula is C11H9N3O2. The van der Waals surface area contributed by atoms with E-state index in [1.807, 2.05) is 18.2 Å². The summed E-state index contributed by atoms with van der Waals surface area (Å²) in [5.74, 6) is 0. The molecule has 0 aliphatic heterocycles. The van der Waals surface area contributed by atoms with E-state index in [4.69, 9.17) is 4.74 Å². The van der Waals surface area contributed by atoms with Crippen molar-refractivity contribution in [3.63, 3.8) is 0 Å². The van der Waals surface area contributed by atoms with Crippen LogP contribution in [0.2, 0.25) is 0 Å².